The van der Waals surface area contributed by atoms with E-state index in [1.54, 1.807) is 0 Å². The van der Waals surface area contributed by atoms with Gasteiger partial charge in [-0.1, -0.05) is 35.9 Å². The molecule has 0 amide bonds. The van der Waals surface area contributed by atoms with E-state index in [2.05, 4.69) is 48.4 Å². The van der Waals surface area contributed by atoms with Crippen LogP contribution in [0.15, 0.2) is 48.5 Å². The standard InChI is InChI=1S/C18H17ClN2/c1-12-3-8-16-13(2)10-18(21-17(16)9-12)20-11-14-4-6-15(19)7-5-14/h3-10H,11H2,1-2H3,(H,20,21)/p+1. The Bertz CT molecular complexity index is 779. The predicted octanol–water partition coefficient (Wildman–Crippen LogP) is 4.54. The minimum absolute atomic E-state index is 0.766. The molecule has 0 spiro atoms. The van der Waals surface area contributed by atoms with Crippen LogP contribution in [-0.4, -0.2) is 0 Å². The molecule has 3 aromatic rings. The first kappa shape index (κ1) is 13.9. The maximum Gasteiger partial charge on any atom is 0.273 e. The average molecular weight is 298 g/mol. The fourth-order valence-corrected chi connectivity index (χ4v) is 2.60. The highest BCUT2D eigenvalue weighted by molar-refractivity contribution is 6.30. The molecule has 0 aliphatic carbocycles. The minimum atomic E-state index is 0.766. The molecule has 2 nitrogen and oxygen atoms in total. The summed E-state index contributed by atoms with van der Waals surface area (Å²) < 4.78 is 0. The van der Waals surface area contributed by atoms with E-state index in [9.17, 15) is 0 Å². The van der Waals surface area contributed by atoms with Crippen molar-refractivity contribution in [1.82, 2.24) is 0 Å². The van der Waals surface area contributed by atoms with Gasteiger partial charge in [0.05, 0.1) is 0 Å². The lowest BCUT2D eigenvalue weighted by Crippen LogP contribution is -2.14. The largest absolute Gasteiger partial charge is 0.273 e. The number of pyridine rings is 1. The van der Waals surface area contributed by atoms with E-state index in [1.807, 2.05) is 24.3 Å². The number of hydrogen-bond acceptors (Lipinski definition) is 1. The average Bonchev–Trinajstić information content (AvgIpc) is 2.46. The second kappa shape index (κ2) is 5.74. The molecule has 0 radical (unpaired) electrons. The number of aromatic amines is 1. The molecule has 0 saturated carbocycles. The summed E-state index contributed by atoms with van der Waals surface area (Å²) >= 11 is 5.90. The Hall–Kier alpha value is -2.06. The monoisotopic (exact) mass is 297 g/mol. The van der Waals surface area contributed by atoms with Gasteiger partial charge >= 0.3 is 0 Å². The van der Waals surface area contributed by atoms with Gasteiger partial charge in [0, 0.05) is 16.5 Å². The number of fused-ring (bicyclic) bond motifs is 1. The van der Waals surface area contributed by atoms with Crippen LogP contribution in [0.2, 0.25) is 5.02 Å². The molecule has 2 N–H and O–H groups in total. The molecule has 1 aromatic heterocycles. The summed E-state index contributed by atoms with van der Waals surface area (Å²) in [5.41, 5.74) is 4.89. The first-order valence-corrected chi connectivity index (χ1v) is 7.41. The Morgan fingerprint density at radius 1 is 1.00 bits per heavy atom. The lowest BCUT2D eigenvalue weighted by atomic mass is 10.1. The highest BCUT2D eigenvalue weighted by Gasteiger charge is 2.08. The number of H-pyrrole nitrogens is 1. The van der Waals surface area contributed by atoms with Gasteiger partial charge in [-0.3, -0.25) is 5.32 Å². The molecule has 0 aliphatic heterocycles. The van der Waals surface area contributed by atoms with E-state index in [4.69, 9.17) is 11.6 Å². The third kappa shape index (κ3) is 3.17. The van der Waals surface area contributed by atoms with Gasteiger partial charge in [0.1, 0.15) is 12.1 Å². The number of hydrogen-bond donors (Lipinski definition) is 1. The van der Waals surface area contributed by atoms with Crippen molar-refractivity contribution in [1.29, 1.82) is 0 Å². The number of rotatable bonds is 3. The van der Waals surface area contributed by atoms with E-state index < -0.39 is 0 Å². The quantitative estimate of drug-likeness (QED) is 0.755. The smallest absolute Gasteiger partial charge is 0.270 e. The maximum absolute atomic E-state index is 5.90. The van der Waals surface area contributed by atoms with E-state index in [0.717, 1.165) is 22.9 Å². The normalized spacial score (nSPS) is 10.8. The third-order valence-corrected chi connectivity index (χ3v) is 3.88. The van der Waals surface area contributed by atoms with Gasteiger partial charge < -0.3 is 0 Å². The molecule has 0 aliphatic rings. The Labute approximate surface area is 129 Å². The molecule has 0 atom stereocenters. The van der Waals surface area contributed by atoms with Crippen LogP contribution in [0.1, 0.15) is 16.7 Å². The van der Waals surface area contributed by atoms with E-state index in [1.165, 1.54) is 22.1 Å². The number of nitrogens with one attached hydrogen (secondary N) is 2. The number of anilines is 1. The molecular weight excluding hydrogens is 280 g/mol. The van der Waals surface area contributed by atoms with Crippen LogP contribution in [0.25, 0.3) is 10.9 Å². The summed E-state index contributed by atoms with van der Waals surface area (Å²) in [4.78, 5) is 3.45. The van der Waals surface area contributed by atoms with E-state index in [-0.39, 0.29) is 0 Å². The van der Waals surface area contributed by atoms with Gasteiger partial charge in [-0.05, 0) is 48.7 Å². The second-order valence-electron chi connectivity index (χ2n) is 5.40. The lowest BCUT2D eigenvalue weighted by molar-refractivity contribution is -0.327. The molecule has 0 saturated heterocycles. The predicted molar refractivity (Wildman–Crippen MR) is 88.8 cm³/mol. The summed E-state index contributed by atoms with van der Waals surface area (Å²) in [6.07, 6.45) is 0. The van der Waals surface area contributed by atoms with Crippen LogP contribution in [0.4, 0.5) is 5.82 Å². The Morgan fingerprint density at radius 3 is 2.52 bits per heavy atom. The summed E-state index contributed by atoms with van der Waals surface area (Å²) in [6.45, 7) is 5.01. The van der Waals surface area contributed by atoms with Crippen molar-refractivity contribution in [2.75, 3.05) is 5.32 Å². The molecule has 1 heterocycles. The summed E-state index contributed by atoms with van der Waals surface area (Å²) in [5, 5.41) is 5.46. The molecule has 21 heavy (non-hydrogen) atoms. The van der Waals surface area contributed by atoms with Crippen molar-refractivity contribution in [3.05, 3.63) is 70.2 Å². The van der Waals surface area contributed by atoms with Crippen molar-refractivity contribution in [3.8, 4) is 0 Å². The Kier molecular flexibility index (Phi) is 3.80. The van der Waals surface area contributed by atoms with Crippen LogP contribution >= 0.6 is 11.6 Å². The Morgan fingerprint density at radius 2 is 1.76 bits per heavy atom. The van der Waals surface area contributed by atoms with E-state index >= 15 is 0 Å². The van der Waals surface area contributed by atoms with Gasteiger partial charge in [0.25, 0.3) is 5.82 Å². The first-order chi connectivity index (χ1) is 10.1. The van der Waals surface area contributed by atoms with Crippen molar-refractivity contribution in [2.45, 2.75) is 20.4 Å². The number of halogens is 1. The summed E-state index contributed by atoms with van der Waals surface area (Å²) in [7, 11) is 0. The van der Waals surface area contributed by atoms with Gasteiger partial charge in [0.15, 0.2) is 0 Å². The second-order valence-corrected chi connectivity index (χ2v) is 5.83. The summed E-state index contributed by atoms with van der Waals surface area (Å²) in [6, 6.07) is 16.5. The van der Waals surface area contributed by atoms with Crippen molar-refractivity contribution in [2.24, 2.45) is 0 Å². The van der Waals surface area contributed by atoms with Gasteiger partial charge in [-0.2, -0.15) is 0 Å². The highest BCUT2D eigenvalue weighted by atomic mass is 35.5. The van der Waals surface area contributed by atoms with Gasteiger partial charge in [0.2, 0.25) is 0 Å². The molecule has 3 heteroatoms. The number of aromatic nitrogens is 1. The van der Waals surface area contributed by atoms with Crippen LogP contribution in [0.5, 0.6) is 0 Å². The highest BCUT2D eigenvalue weighted by Crippen LogP contribution is 2.18. The zero-order valence-corrected chi connectivity index (χ0v) is 13.0. The Balaban J connectivity index is 1.85. The van der Waals surface area contributed by atoms with E-state index in [0.29, 0.717) is 0 Å². The first-order valence-electron chi connectivity index (χ1n) is 7.03. The maximum atomic E-state index is 5.90. The SMILES string of the molecule is Cc1ccc2c(C)cc(NCc3ccc(Cl)cc3)[nH+]c2c1. The molecule has 0 fully saturated rings. The molecular formula is C18H18ClN2+. The fourth-order valence-electron chi connectivity index (χ4n) is 2.48. The topological polar surface area (TPSA) is 26.2 Å². The van der Waals surface area contributed by atoms with Crippen LogP contribution < -0.4 is 10.3 Å². The van der Waals surface area contributed by atoms with Crippen molar-refractivity contribution < 1.29 is 4.98 Å². The molecule has 0 bridgehead atoms. The fraction of sp³-hybridized carbons (Fsp3) is 0.167. The zero-order chi connectivity index (χ0) is 14.8. The van der Waals surface area contributed by atoms with Crippen molar-refractivity contribution in [3.63, 3.8) is 0 Å². The molecule has 0 unspecified atom stereocenters. The lowest BCUT2D eigenvalue weighted by Gasteiger charge is -2.05. The molecule has 3 rings (SSSR count). The van der Waals surface area contributed by atoms with Crippen molar-refractivity contribution >= 4 is 28.3 Å². The number of benzene rings is 2. The molecule has 106 valence electrons. The number of aryl methyl sites for hydroxylation is 2. The minimum Gasteiger partial charge on any atom is -0.270 e. The van der Waals surface area contributed by atoms with Gasteiger partial charge in [-0.15, -0.1) is 0 Å². The van der Waals surface area contributed by atoms with Gasteiger partial charge in [-0.25, -0.2) is 4.98 Å². The third-order valence-electron chi connectivity index (χ3n) is 3.63. The van der Waals surface area contributed by atoms with Crippen LogP contribution in [0, 0.1) is 13.8 Å². The van der Waals surface area contributed by atoms with Crippen LogP contribution in [0.3, 0.4) is 0 Å². The zero-order valence-electron chi connectivity index (χ0n) is 12.2. The molecule has 2 aromatic carbocycles. The summed E-state index contributed by atoms with van der Waals surface area (Å²) in [5.74, 6) is 1.03. The van der Waals surface area contributed by atoms with Crippen LogP contribution in [-0.2, 0) is 6.54 Å².